The summed E-state index contributed by atoms with van der Waals surface area (Å²) >= 11 is 5.90. The first-order chi connectivity index (χ1) is 14.0. The van der Waals surface area contributed by atoms with Gasteiger partial charge in [0.2, 0.25) is 5.91 Å². The van der Waals surface area contributed by atoms with Gasteiger partial charge in [0.15, 0.2) is 0 Å². The summed E-state index contributed by atoms with van der Waals surface area (Å²) in [7, 11) is 0. The van der Waals surface area contributed by atoms with Crippen LogP contribution in [-0.2, 0) is 9.59 Å². The molecule has 0 aromatic heterocycles. The Balaban J connectivity index is 1.35. The molecule has 0 radical (unpaired) electrons. The molecule has 1 atom stereocenters. The molecule has 2 aromatic carbocycles. The minimum absolute atomic E-state index is 0.0681. The van der Waals surface area contributed by atoms with E-state index in [9.17, 15) is 14.4 Å². The van der Waals surface area contributed by atoms with Crippen molar-refractivity contribution in [1.29, 1.82) is 0 Å². The standard InChI is InChI=1S/C22H22ClN3O3/c23-16-6-8-18(9-7-16)26-20(27)14-19(22(26)29)25-12-10-17(11-13-25)24-21(28)15-4-2-1-3-5-15/h1-9,17,19H,10-14H2,(H,24,28). The summed E-state index contributed by atoms with van der Waals surface area (Å²) in [5.41, 5.74) is 1.20. The molecule has 2 saturated heterocycles. The molecule has 7 heteroatoms. The summed E-state index contributed by atoms with van der Waals surface area (Å²) in [6.07, 6.45) is 1.68. The lowest BCUT2D eigenvalue weighted by atomic mass is 10.0. The Hall–Kier alpha value is -2.70. The zero-order valence-corrected chi connectivity index (χ0v) is 16.6. The van der Waals surface area contributed by atoms with Crippen molar-refractivity contribution in [2.24, 2.45) is 0 Å². The SMILES string of the molecule is O=C(NC1CCN(C2CC(=O)N(c3ccc(Cl)cc3)C2=O)CC1)c1ccccc1. The van der Waals surface area contributed by atoms with Crippen LogP contribution in [0.25, 0.3) is 0 Å². The van der Waals surface area contributed by atoms with Crippen LogP contribution in [-0.4, -0.2) is 47.8 Å². The van der Waals surface area contributed by atoms with Crippen molar-refractivity contribution >= 4 is 35.0 Å². The van der Waals surface area contributed by atoms with Gasteiger partial charge in [-0.25, -0.2) is 4.90 Å². The monoisotopic (exact) mass is 411 g/mol. The number of carbonyl (C=O) groups is 3. The summed E-state index contributed by atoms with van der Waals surface area (Å²) in [6, 6.07) is 15.5. The fourth-order valence-electron chi connectivity index (χ4n) is 3.98. The van der Waals surface area contributed by atoms with Gasteiger partial charge in [-0.05, 0) is 49.2 Å². The number of carbonyl (C=O) groups excluding carboxylic acids is 3. The molecule has 2 fully saturated rings. The minimum Gasteiger partial charge on any atom is -0.349 e. The first-order valence-corrected chi connectivity index (χ1v) is 10.1. The lowest BCUT2D eigenvalue weighted by Gasteiger charge is -2.35. The summed E-state index contributed by atoms with van der Waals surface area (Å²) < 4.78 is 0. The number of piperidine rings is 1. The predicted octanol–water partition coefficient (Wildman–Crippen LogP) is 2.87. The van der Waals surface area contributed by atoms with Gasteiger partial charge in [-0.2, -0.15) is 0 Å². The fourth-order valence-corrected chi connectivity index (χ4v) is 4.10. The van der Waals surface area contributed by atoms with Crippen LogP contribution in [0.1, 0.15) is 29.6 Å². The van der Waals surface area contributed by atoms with E-state index in [1.165, 1.54) is 4.90 Å². The molecular formula is C22H22ClN3O3. The zero-order chi connectivity index (χ0) is 20.4. The Morgan fingerprint density at radius 1 is 0.966 bits per heavy atom. The van der Waals surface area contributed by atoms with E-state index in [1.807, 2.05) is 18.2 Å². The first kappa shape index (κ1) is 19.6. The van der Waals surface area contributed by atoms with Crippen LogP contribution in [0.4, 0.5) is 5.69 Å². The van der Waals surface area contributed by atoms with Gasteiger partial charge >= 0.3 is 0 Å². The third-order valence-corrected chi connectivity index (χ3v) is 5.80. The second kappa shape index (κ2) is 8.35. The van der Waals surface area contributed by atoms with E-state index in [0.717, 1.165) is 12.8 Å². The second-order valence-electron chi connectivity index (χ2n) is 7.41. The van der Waals surface area contributed by atoms with Crippen molar-refractivity contribution in [2.45, 2.75) is 31.3 Å². The number of hydrogen-bond acceptors (Lipinski definition) is 4. The maximum Gasteiger partial charge on any atom is 0.251 e. The molecule has 6 nitrogen and oxygen atoms in total. The summed E-state index contributed by atoms with van der Waals surface area (Å²) in [5, 5.41) is 3.63. The normalized spacial score (nSPS) is 20.9. The molecule has 0 bridgehead atoms. The number of amides is 3. The predicted molar refractivity (Wildman–Crippen MR) is 111 cm³/mol. The highest BCUT2D eigenvalue weighted by molar-refractivity contribution is 6.30. The number of halogens is 1. The molecule has 4 rings (SSSR count). The highest BCUT2D eigenvalue weighted by Crippen LogP contribution is 2.28. The Labute approximate surface area is 174 Å². The van der Waals surface area contributed by atoms with Gasteiger partial charge < -0.3 is 5.32 Å². The van der Waals surface area contributed by atoms with E-state index in [2.05, 4.69) is 10.2 Å². The van der Waals surface area contributed by atoms with Crippen molar-refractivity contribution in [1.82, 2.24) is 10.2 Å². The Morgan fingerprint density at radius 3 is 2.28 bits per heavy atom. The fraction of sp³-hybridized carbons (Fsp3) is 0.318. The molecule has 2 heterocycles. The van der Waals surface area contributed by atoms with Gasteiger partial charge in [-0.1, -0.05) is 29.8 Å². The number of rotatable bonds is 4. The van der Waals surface area contributed by atoms with Crippen molar-refractivity contribution in [2.75, 3.05) is 18.0 Å². The lowest BCUT2D eigenvalue weighted by Crippen LogP contribution is -2.50. The van der Waals surface area contributed by atoms with E-state index in [1.54, 1.807) is 36.4 Å². The molecule has 29 heavy (non-hydrogen) atoms. The lowest BCUT2D eigenvalue weighted by molar-refractivity contribution is -0.123. The number of likely N-dealkylation sites (tertiary alicyclic amines) is 1. The van der Waals surface area contributed by atoms with Crippen LogP contribution in [0.15, 0.2) is 54.6 Å². The molecule has 3 amide bonds. The number of imide groups is 1. The number of hydrogen-bond donors (Lipinski definition) is 1. The maximum absolute atomic E-state index is 12.9. The van der Waals surface area contributed by atoms with Gasteiger partial charge in [-0.3, -0.25) is 19.3 Å². The Morgan fingerprint density at radius 2 is 1.62 bits per heavy atom. The van der Waals surface area contributed by atoms with Gasteiger partial charge in [0.05, 0.1) is 18.2 Å². The summed E-state index contributed by atoms with van der Waals surface area (Å²) in [4.78, 5) is 41.0. The van der Waals surface area contributed by atoms with Crippen molar-refractivity contribution in [3.8, 4) is 0 Å². The molecule has 0 spiro atoms. The van der Waals surface area contributed by atoms with E-state index in [4.69, 9.17) is 11.6 Å². The second-order valence-corrected chi connectivity index (χ2v) is 7.85. The molecule has 2 aliphatic rings. The van der Waals surface area contributed by atoms with Gasteiger partial charge in [0.25, 0.3) is 11.8 Å². The van der Waals surface area contributed by atoms with Crippen LogP contribution in [0.2, 0.25) is 5.02 Å². The molecule has 0 aliphatic carbocycles. The molecule has 150 valence electrons. The van der Waals surface area contributed by atoms with Crippen LogP contribution in [0, 0.1) is 0 Å². The molecular weight excluding hydrogens is 390 g/mol. The smallest absolute Gasteiger partial charge is 0.251 e. The van der Waals surface area contributed by atoms with Gasteiger partial charge in [0, 0.05) is 29.7 Å². The van der Waals surface area contributed by atoms with Gasteiger partial charge in [0.1, 0.15) is 0 Å². The maximum atomic E-state index is 12.9. The highest BCUT2D eigenvalue weighted by Gasteiger charge is 2.43. The third kappa shape index (κ3) is 4.18. The quantitative estimate of drug-likeness (QED) is 0.785. The molecule has 2 aliphatic heterocycles. The molecule has 0 saturated carbocycles. The molecule has 1 N–H and O–H groups in total. The highest BCUT2D eigenvalue weighted by atomic mass is 35.5. The van der Waals surface area contributed by atoms with Crippen molar-refractivity contribution in [3.63, 3.8) is 0 Å². The van der Waals surface area contributed by atoms with E-state index in [-0.39, 0.29) is 30.2 Å². The zero-order valence-electron chi connectivity index (χ0n) is 15.9. The number of nitrogens with one attached hydrogen (secondary N) is 1. The van der Waals surface area contributed by atoms with Crippen LogP contribution < -0.4 is 10.2 Å². The average molecular weight is 412 g/mol. The van der Waals surface area contributed by atoms with E-state index in [0.29, 0.717) is 29.4 Å². The van der Waals surface area contributed by atoms with E-state index >= 15 is 0 Å². The summed E-state index contributed by atoms with van der Waals surface area (Å²) in [5.74, 6) is -0.462. The number of nitrogens with zero attached hydrogens (tertiary/aromatic N) is 2. The Kier molecular flexibility index (Phi) is 5.65. The van der Waals surface area contributed by atoms with Crippen LogP contribution in [0.5, 0.6) is 0 Å². The van der Waals surface area contributed by atoms with Crippen LogP contribution in [0.3, 0.4) is 0 Å². The minimum atomic E-state index is -0.441. The van der Waals surface area contributed by atoms with Crippen molar-refractivity contribution < 1.29 is 14.4 Å². The number of benzene rings is 2. The summed E-state index contributed by atoms with van der Waals surface area (Å²) in [6.45, 7) is 1.33. The number of anilines is 1. The van der Waals surface area contributed by atoms with Crippen LogP contribution >= 0.6 is 11.6 Å². The molecule has 2 aromatic rings. The Bertz CT molecular complexity index is 909. The van der Waals surface area contributed by atoms with Crippen molar-refractivity contribution in [3.05, 3.63) is 65.2 Å². The van der Waals surface area contributed by atoms with E-state index < -0.39 is 6.04 Å². The average Bonchev–Trinajstić information content (AvgIpc) is 3.04. The first-order valence-electron chi connectivity index (χ1n) is 9.75. The topological polar surface area (TPSA) is 69.7 Å². The third-order valence-electron chi connectivity index (χ3n) is 5.55. The largest absolute Gasteiger partial charge is 0.349 e. The molecule has 1 unspecified atom stereocenters. The van der Waals surface area contributed by atoms with Gasteiger partial charge in [-0.15, -0.1) is 0 Å².